The summed E-state index contributed by atoms with van der Waals surface area (Å²) >= 11 is 9.87. The molecule has 0 saturated heterocycles. The third-order valence-corrected chi connectivity index (χ3v) is 2.44. The topological polar surface area (TPSA) is 3.24 Å². The SMILES string of the molecule is CCCCCCN(CC)C(=S)[S-].[Na+]. The van der Waals surface area contributed by atoms with Crippen LogP contribution in [0.4, 0.5) is 0 Å². The van der Waals surface area contributed by atoms with Gasteiger partial charge in [0.15, 0.2) is 0 Å². The fourth-order valence-electron chi connectivity index (χ4n) is 1.11. The zero-order chi connectivity index (χ0) is 9.40. The van der Waals surface area contributed by atoms with Crippen molar-refractivity contribution in [1.82, 2.24) is 4.90 Å². The van der Waals surface area contributed by atoms with Gasteiger partial charge in [0.25, 0.3) is 0 Å². The first-order valence-electron chi connectivity index (χ1n) is 4.68. The number of thiocarbonyl (C=S) groups is 1. The summed E-state index contributed by atoms with van der Waals surface area (Å²) in [5.74, 6) is 0. The molecule has 0 aliphatic rings. The maximum atomic E-state index is 4.93. The summed E-state index contributed by atoms with van der Waals surface area (Å²) in [5.41, 5.74) is 0. The molecule has 0 aromatic carbocycles. The van der Waals surface area contributed by atoms with Crippen molar-refractivity contribution < 1.29 is 29.6 Å². The van der Waals surface area contributed by atoms with Gasteiger partial charge in [0.1, 0.15) is 0 Å². The van der Waals surface area contributed by atoms with E-state index in [0.717, 1.165) is 13.1 Å². The molecule has 0 saturated carbocycles. The van der Waals surface area contributed by atoms with Gasteiger partial charge < -0.3 is 29.7 Å². The maximum Gasteiger partial charge on any atom is 1.00 e. The molecule has 0 N–H and O–H groups in total. The molecule has 4 heteroatoms. The summed E-state index contributed by atoms with van der Waals surface area (Å²) in [6, 6.07) is 0. The number of unbranched alkanes of at least 4 members (excludes halogenated alkanes) is 3. The smallest absolute Gasteiger partial charge is 0.411 e. The predicted octanol–water partition coefficient (Wildman–Crippen LogP) is -0.276. The Morgan fingerprint density at radius 2 is 1.85 bits per heavy atom. The van der Waals surface area contributed by atoms with Crippen LogP contribution in [0.3, 0.4) is 0 Å². The predicted molar refractivity (Wildman–Crippen MR) is 61.4 cm³/mol. The number of hydrogen-bond donors (Lipinski definition) is 0. The van der Waals surface area contributed by atoms with Crippen molar-refractivity contribution in [1.29, 1.82) is 0 Å². The molecule has 0 fully saturated rings. The Labute approximate surface area is 115 Å². The van der Waals surface area contributed by atoms with Gasteiger partial charge in [0.2, 0.25) is 0 Å². The molecule has 0 aliphatic heterocycles. The van der Waals surface area contributed by atoms with E-state index in [1.807, 2.05) is 0 Å². The van der Waals surface area contributed by atoms with E-state index >= 15 is 0 Å². The molecule has 0 bridgehead atoms. The fraction of sp³-hybridized carbons (Fsp3) is 0.889. The molecule has 0 aromatic rings. The summed E-state index contributed by atoms with van der Waals surface area (Å²) in [5, 5.41) is 0. The van der Waals surface area contributed by atoms with Gasteiger partial charge in [-0.1, -0.05) is 30.5 Å². The maximum absolute atomic E-state index is 4.93. The van der Waals surface area contributed by atoms with E-state index in [-0.39, 0.29) is 29.6 Å². The van der Waals surface area contributed by atoms with Crippen molar-refractivity contribution in [3.8, 4) is 0 Å². The molecule has 1 nitrogen and oxygen atoms in total. The Bertz CT molecular complexity index is 131. The van der Waals surface area contributed by atoms with Crippen molar-refractivity contribution in [3.63, 3.8) is 0 Å². The molecular formula is C9H18NNaS2. The van der Waals surface area contributed by atoms with Crippen molar-refractivity contribution in [2.24, 2.45) is 0 Å². The first-order valence-corrected chi connectivity index (χ1v) is 5.50. The minimum atomic E-state index is 0. The molecule has 0 unspecified atom stereocenters. The Morgan fingerprint density at radius 1 is 1.23 bits per heavy atom. The third kappa shape index (κ3) is 9.42. The first kappa shape index (κ1) is 16.5. The number of nitrogens with zero attached hydrogens (tertiary/aromatic N) is 1. The summed E-state index contributed by atoms with van der Waals surface area (Å²) in [7, 11) is 0. The summed E-state index contributed by atoms with van der Waals surface area (Å²) < 4.78 is 0.619. The van der Waals surface area contributed by atoms with E-state index in [4.69, 9.17) is 24.8 Å². The van der Waals surface area contributed by atoms with Crippen LogP contribution in [0.15, 0.2) is 0 Å². The Hall–Kier alpha value is 1.11. The third-order valence-electron chi connectivity index (χ3n) is 1.92. The van der Waals surface area contributed by atoms with Gasteiger partial charge in [-0.3, -0.25) is 0 Å². The van der Waals surface area contributed by atoms with Crippen LogP contribution >= 0.6 is 12.2 Å². The Kier molecular flexibility index (Phi) is 14.2. The standard InChI is InChI=1S/C9H19NS2.Na/c1-3-5-6-7-8-10(4-2)9(11)12;/h3-8H2,1-2H3,(H,11,12);/q;+1/p-1. The summed E-state index contributed by atoms with van der Waals surface area (Å²) in [4.78, 5) is 2.08. The van der Waals surface area contributed by atoms with E-state index in [1.165, 1.54) is 25.7 Å². The molecule has 0 amide bonds. The first-order chi connectivity index (χ1) is 5.72. The van der Waals surface area contributed by atoms with Crippen molar-refractivity contribution in [2.45, 2.75) is 39.5 Å². The molecule has 72 valence electrons. The molecule has 0 aliphatic carbocycles. The number of rotatable bonds is 6. The zero-order valence-electron chi connectivity index (χ0n) is 9.01. The van der Waals surface area contributed by atoms with Crippen molar-refractivity contribution in [2.75, 3.05) is 13.1 Å². The Balaban J connectivity index is 0. The average Bonchev–Trinajstić information content (AvgIpc) is 2.04. The van der Waals surface area contributed by atoms with Crippen LogP contribution in [0.2, 0.25) is 0 Å². The van der Waals surface area contributed by atoms with Crippen LogP contribution in [0, 0.1) is 0 Å². The minimum Gasteiger partial charge on any atom is -0.411 e. The molecule has 0 rings (SSSR count). The van der Waals surface area contributed by atoms with Crippen LogP contribution in [0.1, 0.15) is 39.5 Å². The number of hydrogen-bond acceptors (Lipinski definition) is 2. The van der Waals surface area contributed by atoms with Gasteiger partial charge in [-0.05, 0) is 13.3 Å². The van der Waals surface area contributed by atoms with Gasteiger partial charge in [-0.15, -0.1) is 0 Å². The van der Waals surface area contributed by atoms with Crippen LogP contribution in [-0.2, 0) is 12.6 Å². The van der Waals surface area contributed by atoms with E-state index in [1.54, 1.807) is 0 Å². The quantitative estimate of drug-likeness (QED) is 0.266. The molecule has 13 heavy (non-hydrogen) atoms. The van der Waals surface area contributed by atoms with Gasteiger partial charge in [0.05, 0.1) is 0 Å². The molecule has 0 aromatic heterocycles. The van der Waals surface area contributed by atoms with E-state index in [0.29, 0.717) is 4.32 Å². The van der Waals surface area contributed by atoms with E-state index < -0.39 is 0 Å². The monoisotopic (exact) mass is 227 g/mol. The van der Waals surface area contributed by atoms with Crippen molar-refractivity contribution >= 4 is 29.2 Å². The van der Waals surface area contributed by atoms with Gasteiger partial charge in [0, 0.05) is 13.1 Å². The molecule has 0 atom stereocenters. The molecule has 0 spiro atoms. The molecule has 0 heterocycles. The second kappa shape index (κ2) is 11.2. The zero-order valence-corrected chi connectivity index (χ0v) is 12.6. The van der Waals surface area contributed by atoms with Crippen LogP contribution in [0.5, 0.6) is 0 Å². The van der Waals surface area contributed by atoms with Crippen LogP contribution < -0.4 is 29.6 Å². The largest absolute Gasteiger partial charge is 1.00 e. The van der Waals surface area contributed by atoms with Gasteiger partial charge in [-0.2, -0.15) is 0 Å². The average molecular weight is 227 g/mol. The van der Waals surface area contributed by atoms with Gasteiger partial charge >= 0.3 is 29.6 Å². The van der Waals surface area contributed by atoms with Gasteiger partial charge in [-0.25, -0.2) is 0 Å². The second-order valence-electron chi connectivity index (χ2n) is 2.91. The fourth-order valence-corrected chi connectivity index (χ4v) is 1.55. The van der Waals surface area contributed by atoms with Crippen LogP contribution in [0.25, 0.3) is 0 Å². The minimum absolute atomic E-state index is 0. The summed E-state index contributed by atoms with van der Waals surface area (Å²) in [6.45, 7) is 6.31. The molecule has 0 radical (unpaired) electrons. The van der Waals surface area contributed by atoms with E-state index in [9.17, 15) is 0 Å². The Morgan fingerprint density at radius 3 is 2.23 bits per heavy atom. The van der Waals surface area contributed by atoms with E-state index in [2.05, 4.69) is 18.7 Å². The van der Waals surface area contributed by atoms with Crippen molar-refractivity contribution in [3.05, 3.63) is 0 Å². The molecular weight excluding hydrogens is 209 g/mol. The summed E-state index contributed by atoms with van der Waals surface area (Å²) in [6.07, 6.45) is 5.12. The van der Waals surface area contributed by atoms with Crippen LogP contribution in [-0.4, -0.2) is 22.3 Å². The second-order valence-corrected chi connectivity index (χ2v) is 3.94. The normalized spacial score (nSPS) is 9.08.